The summed E-state index contributed by atoms with van der Waals surface area (Å²) in [5.74, 6) is 0.966. The molecule has 1 atom stereocenters. The zero-order valence-corrected chi connectivity index (χ0v) is 16.9. The molecule has 1 unspecified atom stereocenters. The highest BCUT2D eigenvalue weighted by atomic mass is 16.5. The van der Waals surface area contributed by atoms with Crippen LogP contribution in [0, 0.1) is 0 Å². The molecule has 6 nitrogen and oxygen atoms in total. The molecule has 1 aliphatic rings. The third-order valence-corrected chi connectivity index (χ3v) is 5.21. The lowest BCUT2D eigenvalue weighted by Crippen LogP contribution is -2.36. The first kappa shape index (κ1) is 20.0. The molecule has 154 valence electrons. The molecule has 0 fully saturated rings. The van der Waals surface area contributed by atoms with Gasteiger partial charge in [0.1, 0.15) is 11.9 Å². The fraction of sp³-hybridized carbons (Fsp3) is 0.292. The van der Waals surface area contributed by atoms with Gasteiger partial charge in [-0.05, 0) is 18.1 Å². The maximum absolute atomic E-state index is 12.2. The quantitative estimate of drug-likeness (QED) is 0.658. The number of aryl methyl sites for hydroxylation is 1. The highest BCUT2D eigenvalue weighted by molar-refractivity contribution is 5.76. The molecule has 0 bridgehead atoms. The first-order valence-electron chi connectivity index (χ1n) is 10.3. The minimum Gasteiger partial charge on any atom is -0.484 e. The van der Waals surface area contributed by atoms with Crippen molar-refractivity contribution in [2.24, 2.45) is 0 Å². The molecule has 6 heteroatoms. The Bertz CT molecular complexity index is 950. The Morgan fingerprint density at radius 3 is 2.77 bits per heavy atom. The van der Waals surface area contributed by atoms with Gasteiger partial charge in [-0.15, -0.1) is 0 Å². The Morgan fingerprint density at radius 1 is 1.10 bits per heavy atom. The molecule has 2 aromatic carbocycles. The van der Waals surface area contributed by atoms with E-state index in [1.54, 1.807) is 18.6 Å². The van der Waals surface area contributed by atoms with Gasteiger partial charge in [0.15, 0.2) is 0 Å². The molecule has 3 aromatic rings. The van der Waals surface area contributed by atoms with Gasteiger partial charge in [0.2, 0.25) is 5.91 Å². The zero-order chi connectivity index (χ0) is 20.6. The summed E-state index contributed by atoms with van der Waals surface area (Å²) >= 11 is 0. The summed E-state index contributed by atoms with van der Waals surface area (Å²) in [5.41, 5.74) is 3.16. The molecule has 1 N–H and O–H groups in total. The average molecular weight is 402 g/mol. The second-order valence-electron chi connectivity index (χ2n) is 7.41. The lowest BCUT2D eigenvalue weighted by molar-refractivity contribution is -0.121. The number of hydrogen-bond acceptors (Lipinski definition) is 5. The van der Waals surface area contributed by atoms with Gasteiger partial charge in [-0.3, -0.25) is 19.7 Å². The number of aromatic nitrogens is 2. The topological polar surface area (TPSA) is 67.4 Å². The van der Waals surface area contributed by atoms with Crippen molar-refractivity contribution < 1.29 is 9.53 Å². The van der Waals surface area contributed by atoms with Crippen LogP contribution in [0.4, 0.5) is 0 Å². The van der Waals surface area contributed by atoms with E-state index in [-0.39, 0.29) is 12.0 Å². The normalized spacial score (nSPS) is 16.2. The van der Waals surface area contributed by atoms with E-state index in [1.807, 2.05) is 36.4 Å². The molecule has 0 spiro atoms. The lowest BCUT2D eigenvalue weighted by Gasteiger charge is -2.24. The van der Waals surface area contributed by atoms with Crippen LogP contribution in [0.15, 0.2) is 73.2 Å². The maximum atomic E-state index is 12.2. The van der Waals surface area contributed by atoms with Crippen LogP contribution in [0.25, 0.3) is 0 Å². The van der Waals surface area contributed by atoms with Crippen molar-refractivity contribution in [2.45, 2.75) is 25.5 Å². The van der Waals surface area contributed by atoms with Crippen LogP contribution in [0.2, 0.25) is 0 Å². The Hall–Kier alpha value is -3.25. The van der Waals surface area contributed by atoms with Gasteiger partial charge in [-0.25, -0.2) is 0 Å². The Morgan fingerprint density at radius 2 is 1.93 bits per heavy atom. The molecule has 1 aromatic heterocycles. The fourth-order valence-corrected chi connectivity index (χ4v) is 3.63. The number of carbonyl (C=O) groups excluding carboxylic acids is 1. The van der Waals surface area contributed by atoms with Crippen LogP contribution < -0.4 is 10.1 Å². The van der Waals surface area contributed by atoms with E-state index in [0.29, 0.717) is 19.4 Å². The van der Waals surface area contributed by atoms with E-state index in [0.717, 1.165) is 36.6 Å². The molecule has 0 saturated heterocycles. The van der Waals surface area contributed by atoms with Gasteiger partial charge in [-0.2, -0.15) is 0 Å². The molecule has 30 heavy (non-hydrogen) atoms. The van der Waals surface area contributed by atoms with Gasteiger partial charge in [0.05, 0.1) is 5.69 Å². The first-order valence-corrected chi connectivity index (χ1v) is 10.3. The largest absolute Gasteiger partial charge is 0.484 e. The predicted octanol–water partition coefficient (Wildman–Crippen LogP) is 3.16. The number of nitrogens with one attached hydrogen (secondary N) is 1. The minimum atomic E-state index is -0.0396. The Kier molecular flexibility index (Phi) is 6.67. The van der Waals surface area contributed by atoms with Crippen molar-refractivity contribution in [2.75, 3.05) is 19.6 Å². The fourth-order valence-electron chi connectivity index (χ4n) is 3.63. The highest BCUT2D eigenvalue weighted by Crippen LogP contribution is 2.30. The molecule has 4 rings (SSSR count). The number of benzene rings is 2. The van der Waals surface area contributed by atoms with Crippen molar-refractivity contribution in [3.05, 3.63) is 90.0 Å². The number of hydrogen-bond donors (Lipinski definition) is 1. The summed E-state index contributed by atoms with van der Waals surface area (Å²) in [6, 6.07) is 18.5. The summed E-state index contributed by atoms with van der Waals surface area (Å²) < 4.78 is 6.35. The maximum Gasteiger partial charge on any atom is 0.220 e. The molecular weight excluding hydrogens is 376 g/mol. The average Bonchev–Trinajstić information content (AvgIpc) is 2.98. The second-order valence-corrected chi connectivity index (χ2v) is 7.41. The van der Waals surface area contributed by atoms with E-state index >= 15 is 0 Å². The van der Waals surface area contributed by atoms with Crippen LogP contribution in [0.3, 0.4) is 0 Å². The van der Waals surface area contributed by atoms with Crippen LogP contribution in [-0.2, 0) is 17.8 Å². The number of para-hydroxylation sites is 1. The van der Waals surface area contributed by atoms with Crippen LogP contribution >= 0.6 is 0 Å². The van der Waals surface area contributed by atoms with Crippen LogP contribution in [0.1, 0.15) is 29.3 Å². The molecule has 1 amide bonds. The number of ether oxygens (including phenoxy) is 1. The van der Waals surface area contributed by atoms with Gasteiger partial charge in [0, 0.05) is 56.8 Å². The van der Waals surface area contributed by atoms with E-state index in [1.165, 1.54) is 5.56 Å². The van der Waals surface area contributed by atoms with E-state index in [2.05, 4.69) is 38.4 Å². The number of amides is 1. The van der Waals surface area contributed by atoms with Crippen molar-refractivity contribution in [3.8, 4) is 5.75 Å². The number of carbonyl (C=O) groups is 1. The third kappa shape index (κ3) is 5.42. The van der Waals surface area contributed by atoms with Gasteiger partial charge in [0.25, 0.3) is 0 Å². The summed E-state index contributed by atoms with van der Waals surface area (Å²) in [4.78, 5) is 22.8. The van der Waals surface area contributed by atoms with Crippen molar-refractivity contribution in [3.63, 3.8) is 0 Å². The van der Waals surface area contributed by atoms with Gasteiger partial charge < -0.3 is 10.1 Å². The molecule has 2 heterocycles. The first-order chi connectivity index (χ1) is 14.8. The zero-order valence-electron chi connectivity index (χ0n) is 16.9. The van der Waals surface area contributed by atoms with E-state index < -0.39 is 0 Å². The Balaban J connectivity index is 1.34. The lowest BCUT2D eigenvalue weighted by atomic mass is 10.1. The third-order valence-electron chi connectivity index (χ3n) is 5.21. The van der Waals surface area contributed by atoms with Gasteiger partial charge >= 0.3 is 0 Å². The summed E-state index contributed by atoms with van der Waals surface area (Å²) in [5, 5.41) is 3.03. The van der Waals surface area contributed by atoms with Gasteiger partial charge in [-0.1, -0.05) is 48.5 Å². The summed E-state index contributed by atoms with van der Waals surface area (Å²) in [6.07, 6.45) is 5.96. The van der Waals surface area contributed by atoms with Crippen molar-refractivity contribution in [1.82, 2.24) is 20.2 Å². The predicted molar refractivity (Wildman–Crippen MR) is 115 cm³/mol. The SMILES string of the molecule is O=C(CCc1cnccn1)NCCN1Cc2ccccc2OC(c2ccccc2)C1. The summed E-state index contributed by atoms with van der Waals surface area (Å²) in [7, 11) is 0. The van der Waals surface area contributed by atoms with Crippen molar-refractivity contribution in [1.29, 1.82) is 0 Å². The molecule has 0 radical (unpaired) electrons. The van der Waals surface area contributed by atoms with E-state index in [4.69, 9.17) is 4.74 Å². The minimum absolute atomic E-state index is 0.0340. The molecule has 0 saturated carbocycles. The number of rotatable bonds is 7. The van der Waals surface area contributed by atoms with Crippen molar-refractivity contribution >= 4 is 5.91 Å². The van der Waals surface area contributed by atoms with E-state index in [9.17, 15) is 4.79 Å². The smallest absolute Gasteiger partial charge is 0.220 e. The van der Waals surface area contributed by atoms with Crippen LogP contribution in [-0.4, -0.2) is 40.4 Å². The number of fused-ring (bicyclic) bond motifs is 1. The summed E-state index contributed by atoms with van der Waals surface area (Å²) in [6.45, 7) is 2.93. The molecule has 1 aliphatic heterocycles. The molecule has 0 aliphatic carbocycles. The highest BCUT2D eigenvalue weighted by Gasteiger charge is 2.23. The Labute approximate surface area is 176 Å². The monoisotopic (exact) mass is 402 g/mol. The molecular formula is C24H26N4O2. The standard InChI is InChI=1S/C24H26N4O2/c29-24(11-10-21-16-25-12-13-26-21)27-14-15-28-17-20-8-4-5-9-22(20)30-23(18-28)19-6-2-1-3-7-19/h1-9,12-13,16,23H,10-11,14-15,17-18H2,(H,27,29). The second kappa shape index (κ2) is 9.98. The number of nitrogens with zero attached hydrogens (tertiary/aromatic N) is 3. The van der Waals surface area contributed by atoms with Crippen LogP contribution in [0.5, 0.6) is 5.75 Å².